The summed E-state index contributed by atoms with van der Waals surface area (Å²) >= 11 is 0. The minimum Gasteiger partial charge on any atom is -0.443 e. The molecule has 0 bridgehead atoms. The Hall–Kier alpha value is -6.45. The Kier molecular flexibility index (Phi) is 12.6. The van der Waals surface area contributed by atoms with Crippen molar-refractivity contribution in [2.75, 3.05) is 15.1 Å². The molecular formula is C50H54N4O4Si. The first kappa shape index (κ1) is 42.2. The van der Waals surface area contributed by atoms with Crippen molar-refractivity contribution in [1.82, 2.24) is 0 Å². The number of ether oxygens (including phenoxy) is 2. The van der Waals surface area contributed by atoms with Crippen LogP contribution in [0.5, 0.6) is 0 Å². The van der Waals surface area contributed by atoms with Gasteiger partial charge in [-0.2, -0.15) is 0 Å². The molecule has 6 aromatic carbocycles. The van der Waals surface area contributed by atoms with Crippen LogP contribution in [0.15, 0.2) is 163 Å². The van der Waals surface area contributed by atoms with Crippen LogP contribution in [0.3, 0.4) is 0 Å². The van der Waals surface area contributed by atoms with E-state index in [-0.39, 0.29) is 0 Å². The lowest BCUT2D eigenvalue weighted by atomic mass is 10.0. The number of nitrogens with zero attached hydrogens (tertiary/aromatic N) is 3. The summed E-state index contributed by atoms with van der Waals surface area (Å²) in [5.74, 6) is 0. The number of carbonyl (C=O) groups excluding carboxylic acids is 2. The zero-order valence-corrected chi connectivity index (χ0v) is 36.5. The van der Waals surface area contributed by atoms with Crippen LogP contribution in [0.25, 0.3) is 0 Å². The molecule has 8 nitrogen and oxygen atoms in total. The maximum absolute atomic E-state index is 13.8. The van der Waals surface area contributed by atoms with E-state index in [1.165, 1.54) is 5.19 Å². The molecule has 0 saturated heterocycles. The quantitative estimate of drug-likeness (QED) is 0.110. The molecule has 0 aromatic heterocycles. The largest absolute Gasteiger partial charge is 0.443 e. The molecule has 1 N–H and O–H groups in total. The Bertz CT molecular complexity index is 2320. The van der Waals surface area contributed by atoms with Crippen LogP contribution in [0.2, 0.25) is 19.6 Å². The molecule has 0 unspecified atom stereocenters. The number of benzene rings is 6. The van der Waals surface area contributed by atoms with Crippen LogP contribution < -0.4 is 20.3 Å². The molecule has 302 valence electrons. The summed E-state index contributed by atoms with van der Waals surface area (Å²) in [5.41, 5.74) is 6.59. The fourth-order valence-electron chi connectivity index (χ4n) is 6.29. The predicted octanol–water partition coefficient (Wildman–Crippen LogP) is 13.3. The molecule has 0 aliphatic heterocycles. The summed E-state index contributed by atoms with van der Waals surface area (Å²) in [6, 6.07) is 51.2. The van der Waals surface area contributed by atoms with Gasteiger partial charge in [0.2, 0.25) is 0 Å². The van der Waals surface area contributed by atoms with Gasteiger partial charge in [-0.05, 0) is 126 Å². The average Bonchev–Trinajstić information content (AvgIpc) is 3.18. The van der Waals surface area contributed by atoms with Gasteiger partial charge in [0.15, 0.2) is 0 Å². The van der Waals surface area contributed by atoms with E-state index in [1.54, 1.807) is 9.80 Å². The second-order valence-corrected chi connectivity index (χ2v) is 22.4. The molecule has 0 saturated carbocycles. The molecule has 6 aromatic rings. The molecule has 2 amide bonds. The van der Waals surface area contributed by atoms with E-state index < -0.39 is 31.5 Å². The van der Waals surface area contributed by atoms with Gasteiger partial charge in [0.1, 0.15) is 11.2 Å². The fraction of sp³-hybridized carbons (Fsp3) is 0.220. The monoisotopic (exact) mass is 802 g/mol. The second kappa shape index (κ2) is 17.6. The highest BCUT2D eigenvalue weighted by molar-refractivity contribution is 6.88. The third-order valence-electron chi connectivity index (χ3n) is 9.13. The van der Waals surface area contributed by atoms with Gasteiger partial charge in [-0.3, -0.25) is 0 Å². The summed E-state index contributed by atoms with van der Waals surface area (Å²) in [4.78, 5) is 35.5. The maximum atomic E-state index is 13.8. The van der Waals surface area contributed by atoms with Crippen molar-refractivity contribution in [2.24, 2.45) is 4.99 Å². The molecule has 0 atom stereocenters. The maximum Gasteiger partial charge on any atom is 0.419 e. The van der Waals surface area contributed by atoms with Crippen LogP contribution >= 0.6 is 0 Å². The van der Waals surface area contributed by atoms with E-state index in [2.05, 4.69) is 37.1 Å². The highest BCUT2D eigenvalue weighted by Crippen LogP contribution is 2.33. The van der Waals surface area contributed by atoms with Crippen molar-refractivity contribution in [3.63, 3.8) is 0 Å². The Morgan fingerprint density at radius 3 is 1.17 bits per heavy atom. The highest BCUT2D eigenvalue weighted by atomic mass is 28.3. The minimum absolute atomic E-state index is 0.449. The Labute approximate surface area is 350 Å². The lowest BCUT2D eigenvalue weighted by Crippen LogP contribution is -2.38. The zero-order chi connectivity index (χ0) is 42.4. The number of hydrogen-bond acceptors (Lipinski definition) is 6. The Balaban J connectivity index is 1.24. The smallest absolute Gasteiger partial charge is 0.419 e. The first-order valence-electron chi connectivity index (χ1n) is 19.9. The lowest BCUT2D eigenvalue weighted by molar-refractivity contribution is 0.0588. The molecular weight excluding hydrogens is 749 g/mol. The molecule has 0 heterocycles. The number of carbonyl (C=O) groups is 2. The molecule has 9 heteroatoms. The molecule has 0 radical (unpaired) electrons. The third-order valence-corrected chi connectivity index (χ3v) is 11.2. The summed E-state index contributed by atoms with van der Waals surface area (Å²) in [6.07, 6.45) is -0.945. The lowest BCUT2D eigenvalue weighted by Gasteiger charge is -2.28. The SMILES string of the molecule is CC(C)(C)OC(=O)N(c1ccc(N=C(c2ccccc2)c2ccccc2)cc1)c1ccc(Nc2ccc(N(C(=O)OC(C)(C)C)c3ccc([Si](C)(C)C)cc3)cc2)cc1. The number of rotatable bonds is 10. The van der Waals surface area contributed by atoms with Crippen molar-refractivity contribution in [2.45, 2.75) is 72.4 Å². The topological polar surface area (TPSA) is 83.5 Å². The third kappa shape index (κ3) is 11.4. The Morgan fingerprint density at radius 1 is 0.492 bits per heavy atom. The van der Waals surface area contributed by atoms with Gasteiger partial charge in [-0.15, -0.1) is 0 Å². The number of amides is 2. The van der Waals surface area contributed by atoms with Gasteiger partial charge < -0.3 is 14.8 Å². The van der Waals surface area contributed by atoms with Crippen molar-refractivity contribution < 1.29 is 19.1 Å². The van der Waals surface area contributed by atoms with Crippen molar-refractivity contribution in [1.29, 1.82) is 0 Å². The number of aliphatic imine (C=N–C) groups is 1. The summed E-state index contributed by atoms with van der Waals surface area (Å²) < 4.78 is 11.7. The predicted molar refractivity (Wildman–Crippen MR) is 247 cm³/mol. The van der Waals surface area contributed by atoms with Gasteiger partial charge in [0.05, 0.1) is 42.2 Å². The van der Waals surface area contributed by atoms with E-state index in [0.29, 0.717) is 17.1 Å². The summed E-state index contributed by atoms with van der Waals surface area (Å²) in [7, 11) is -1.52. The molecule has 0 spiro atoms. The summed E-state index contributed by atoms with van der Waals surface area (Å²) in [6.45, 7) is 18.0. The van der Waals surface area contributed by atoms with Crippen LogP contribution in [-0.2, 0) is 9.47 Å². The molecule has 0 aliphatic carbocycles. The van der Waals surface area contributed by atoms with E-state index in [1.807, 2.05) is 187 Å². The highest BCUT2D eigenvalue weighted by Gasteiger charge is 2.27. The normalized spacial score (nSPS) is 11.6. The molecule has 0 fully saturated rings. The minimum atomic E-state index is -1.52. The van der Waals surface area contributed by atoms with Crippen LogP contribution in [0, 0.1) is 0 Å². The number of anilines is 6. The van der Waals surface area contributed by atoms with Crippen LogP contribution in [0.1, 0.15) is 52.7 Å². The van der Waals surface area contributed by atoms with Crippen LogP contribution in [-0.4, -0.2) is 37.2 Å². The first-order chi connectivity index (χ1) is 27.9. The summed E-state index contributed by atoms with van der Waals surface area (Å²) in [5, 5.41) is 4.76. The average molecular weight is 803 g/mol. The van der Waals surface area contributed by atoms with Gasteiger partial charge in [-0.25, -0.2) is 24.4 Å². The van der Waals surface area contributed by atoms with Gasteiger partial charge in [-0.1, -0.05) is 97.6 Å². The zero-order valence-electron chi connectivity index (χ0n) is 35.5. The van der Waals surface area contributed by atoms with E-state index in [9.17, 15) is 9.59 Å². The van der Waals surface area contributed by atoms with E-state index in [4.69, 9.17) is 14.5 Å². The number of hydrogen-bond donors (Lipinski definition) is 1. The van der Waals surface area contributed by atoms with Crippen molar-refractivity contribution in [3.05, 3.63) is 169 Å². The van der Waals surface area contributed by atoms with E-state index >= 15 is 0 Å². The second-order valence-electron chi connectivity index (χ2n) is 17.4. The fourth-order valence-corrected chi connectivity index (χ4v) is 7.46. The first-order valence-corrected chi connectivity index (χ1v) is 23.4. The molecule has 59 heavy (non-hydrogen) atoms. The molecule has 0 aliphatic rings. The van der Waals surface area contributed by atoms with Gasteiger partial charge >= 0.3 is 12.2 Å². The molecule has 6 rings (SSSR count). The van der Waals surface area contributed by atoms with E-state index in [0.717, 1.165) is 39.6 Å². The van der Waals surface area contributed by atoms with Crippen molar-refractivity contribution >= 4 is 71.0 Å². The number of nitrogens with one attached hydrogen (secondary N) is 1. The van der Waals surface area contributed by atoms with Crippen LogP contribution in [0.4, 0.5) is 49.4 Å². The van der Waals surface area contributed by atoms with Crippen molar-refractivity contribution in [3.8, 4) is 0 Å². The van der Waals surface area contributed by atoms with Gasteiger partial charge in [0.25, 0.3) is 0 Å². The van der Waals surface area contributed by atoms with Gasteiger partial charge in [0, 0.05) is 22.5 Å². The standard InChI is InChI=1S/C50H54N4O4Si/c1-49(2,3)57-47(55)53(43-30-24-40(25-31-43)52-46(36-16-12-10-13-17-36)37-18-14-11-15-19-37)41-26-20-38(21-27-41)51-39-22-28-42(29-23-39)54(48(56)58-50(4,5)6)44-32-34-45(35-33-44)59(7,8)9/h10-35,51H,1-9H3. The Morgan fingerprint density at radius 2 is 0.831 bits per heavy atom.